The van der Waals surface area contributed by atoms with Gasteiger partial charge in [0.25, 0.3) is 5.91 Å². The average Bonchev–Trinajstić information content (AvgIpc) is 2.46. The van der Waals surface area contributed by atoms with Gasteiger partial charge in [0.2, 0.25) is 6.54 Å². The van der Waals surface area contributed by atoms with Gasteiger partial charge < -0.3 is 5.32 Å². The molecule has 5 nitrogen and oxygen atoms in total. The predicted octanol–water partition coefficient (Wildman–Crippen LogP) is 1.72. The molecule has 0 radical (unpaired) electrons. The van der Waals surface area contributed by atoms with Crippen LogP contribution in [-0.2, 0) is 24.2 Å². The summed E-state index contributed by atoms with van der Waals surface area (Å²) in [6.45, 7) is 4.95. The lowest BCUT2D eigenvalue weighted by Crippen LogP contribution is -2.47. The molecule has 1 aliphatic carbocycles. The van der Waals surface area contributed by atoms with Gasteiger partial charge in [-0.25, -0.2) is 4.79 Å². The second-order valence-electron chi connectivity index (χ2n) is 6.36. The summed E-state index contributed by atoms with van der Waals surface area (Å²) in [6.07, 6.45) is 9.51. The topological polar surface area (TPSA) is 62.1 Å². The maximum absolute atomic E-state index is 11.9. The van der Waals surface area contributed by atoms with Crippen molar-refractivity contribution in [2.75, 3.05) is 6.54 Å². The summed E-state index contributed by atoms with van der Waals surface area (Å²) in [6, 6.07) is 1.68. The Bertz CT molecular complexity index is 541. The van der Waals surface area contributed by atoms with Crippen molar-refractivity contribution in [2.24, 2.45) is 5.92 Å². The van der Waals surface area contributed by atoms with Gasteiger partial charge in [0, 0.05) is 18.2 Å². The highest BCUT2D eigenvalue weighted by molar-refractivity contribution is 5.93. The van der Waals surface area contributed by atoms with Gasteiger partial charge in [-0.2, -0.15) is 4.57 Å². The van der Waals surface area contributed by atoms with E-state index in [1.807, 2.05) is 17.0 Å². The number of nitrogens with zero attached hydrogens (tertiary/aromatic N) is 1. The summed E-state index contributed by atoms with van der Waals surface area (Å²) >= 11 is 0. The first-order valence-electron chi connectivity index (χ1n) is 8.13. The number of amides is 3. The number of aromatic nitrogens is 1. The molecule has 5 heteroatoms. The van der Waals surface area contributed by atoms with Crippen LogP contribution in [0, 0.1) is 5.92 Å². The van der Waals surface area contributed by atoms with Gasteiger partial charge in [-0.3, -0.25) is 10.1 Å². The van der Waals surface area contributed by atoms with Gasteiger partial charge in [-0.05, 0) is 43.6 Å². The van der Waals surface area contributed by atoms with Gasteiger partial charge in [-0.15, -0.1) is 0 Å². The molecule has 3 amide bonds. The summed E-state index contributed by atoms with van der Waals surface area (Å²) in [7, 11) is 0. The zero-order valence-electron chi connectivity index (χ0n) is 13.5. The van der Waals surface area contributed by atoms with Crippen molar-refractivity contribution in [2.45, 2.75) is 52.5 Å². The summed E-state index contributed by atoms with van der Waals surface area (Å²) in [5.41, 5.74) is 2.71. The minimum absolute atomic E-state index is 0.172. The van der Waals surface area contributed by atoms with Crippen molar-refractivity contribution in [3.05, 3.63) is 29.6 Å². The fraction of sp³-hybridized carbons (Fsp3) is 0.588. The molecule has 0 fully saturated rings. The zero-order chi connectivity index (χ0) is 15.9. The fourth-order valence-electron chi connectivity index (χ4n) is 2.67. The first-order chi connectivity index (χ1) is 10.5. The largest absolute Gasteiger partial charge is 0.338 e. The van der Waals surface area contributed by atoms with Crippen molar-refractivity contribution in [1.82, 2.24) is 10.6 Å². The molecule has 0 aliphatic heterocycles. The van der Waals surface area contributed by atoms with Crippen LogP contribution in [0.4, 0.5) is 4.79 Å². The molecule has 0 aromatic carbocycles. The first-order valence-corrected chi connectivity index (χ1v) is 8.13. The van der Waals surface area contributed by atoms with Crippen LogP contribution in [0.5, 0.6) is 0 Å². The molecule has 120 valence electrons. The van der Waals surface area contributed by atoms with Crippen LogP contribution >= 0.6 is 0 Å². The second-order valence-corrected chi connectivity index (χ2v) is 6.36. The Labute approximate surface area is 132 Å². The molecular formula is C17H26N3O2+. The van der Waals surface area contributed by atoms with Crippen molar-refractivity contribution in [3.8, 4) is 0 Å². The number of imide groups is 1. The van der Waals surface area contributed by atoms with Crippen LogP contribution in [-0.4, -0.2) is 18.5 Å². The third-order valence-electron chi connectivity index (χ3n) is 3.93. The Morgan fingerprint density at radius 3 is 2.68 bits per heavy atom. The van der Waals surface area contributed by atoms with E-state index in [4.69, 9.17) is 0 Å². The van der Waals surface area contributed by atoms with Gasteiger partial charge in [0.1, 0.15) is 0 Å². The molecule has 0 saturated heterocycles. The van der Waals surface area contributed by atoms with Crippen molar-refractivity contribution >= 4 is 11.9 Å². The molecule has 2 rings (SSSR count). The van der Waals surface area contributed by atoms with E-state index in [9.17, 15) is 9.59 Å². The Morgan fingerprint density at radius 2 is 1.95 bits per heavy atom. The highest BCUT2D eigenvalue weighted by atomic mass is 16.2. The van der Waals surface area contributed by atoms with E-state index in [0.29, 0.717) is 12.5 Å². The lowest BCUT2D eigenvalue weighted by Gasteiger charge is -2.13. The molecule has 1 aromatic heterocycles. The number of carbonyl (C=O) groups excluding carboxylic acids is 2. The lowest BCUT2D eigenvalue weighted by molar-refractivity contribution is -0.684. The average molecular weight is 304 g/mol. The van der Waals surface area contributed by atoms with Crippen molar-refractivity contribution in [3.63, 3.8) is 0 Å². The van der Waals surface area contributed by atoms with Crippen LogP contribution < -0.4 is 15.2 Å². The minimum Gasteiger partial charge on any atom is -0.338 e. The number of urea groups is 1. The minimum atomic E-state index is -0.413. The van der Waals surface area contributed by atoms with E-state index in [1.165, 1.54) is 24.0 Å². The molecule has 0 bridgehead atoms. The second kappa shape index (κ2) is 7.92. The van der Waals surface area contributed by atoms with E-state index in [-0.39, 0.29) is 12.5 Å². The highest BCUT2D eigenvalue weighted by Gasteiger charge is 2.16. The van der Waals surface area contributed by atoms with Crippen molar-refractivity contribution in [1.29, 1.82) is 0 Å². The smallest absolute Gasteiger partial charge is 0.321 e. The monoisotopic (exact) mass is 304 g/mol. The Kier molecular flexibility index (Phi) is 5.92. The quantitative estimate of drug-likeness (QED) is 0.814. The van der Waals surface area contributed by atoms with Crippen LogP contribution in [0.2, 0.25) is 0 Å². The summed E-state index contributed by atoms with van der Waals surface area (Å²) in [5, 5.41) is 5.07. The predicted molar refractivity (Wildman–Crippen MR) is 84.3 cm³/mol. The number of aryl methyl sites for hydroxylation is 2. The van der Waals surface area contributed by atoms with Crippen LogP contribution in [0.25, 0.3) is 0 Å². The van der Waals surface area contributed by atoms with Gasteiger partial charge in [0.15, 0.2) is 12.4 Å². The van der Waals surface area contributed by atoms with E-state index in [0.717, 1.165) is 19.3 Å². The standard InChI is InChI=1S/C17H25N3O2/c1-13(2)7-9-18-17(22)19-16(21)12-20-10-8-14-5-3-4-6-15(14)11-20/h8,10-11,13H,3-7,9,12H2,1-2H3,(H-,18,19,21,22)/p+1. The number of pyridine rings is 1. The fourth-order valence-corrected chi connectivity index (χ4v) is 2.67. The van der Waals surface area contributed by atoms with E-state index in [2.05, 4.69) is 30.5 Å². The molecule has 1 aromatic rings. The molecule has 22 heavy (non-hydrogen) atoms. The number of rotatable bonds is 5. The Morgan fingerprint density at radius 1 is 1.23 bits per heavy atom. The maximum atomic E-state index is 11.9. The number of nitrogens with one attached hydrogen (secondary N) is 2. The summed E-state index contributed by atoms with van der Waals surface area (Å²) < 4.78 is 1.85. The molecule has 1 heterocycles. The third kappa shape index (κ3) is 5.13. The number of hydrogen-bond donors (Lipinski definition) is 2. The highest BCUT2D eigenvalue weighted by Crippen LogP contribution is 2.18. The van der Waals surface area contributed by atoms with Gasteiger partial charge >= 0.3 is 6.03 Å². The summed E-state index contributed by atoms with van der Waals surface area (Å²) in [4.78, 5) is 23.5. The molecule has 0 saturated carbocycles. The molecule has 2 N–H and O–H groups in total. The van der Waals surface area contributed by atoms with Crippen LogP contribution in [0.3, 0.4) is 0 Å². The van der Waals surface area contributed by atoms with E-state index >= 15 is 0 Å². The number of carbonyl (C=O) groups is 2. The lowest BCUT2D eigenvalue weighted by atomic mass is 9.93. The van der Waals surface area contributed by atoms with E-state index < -0.39 is 6.03 Å². The first kappa shape index (κ1) is 16.5. The van der Waals surface area contributed by atoms with Gasteiger partial charge in [0.05, 0.1) is 0 Å². The zero-order valence-corrected chi connectivity index (χ0v) is 13.5. The molecule has 0 atom stereocenters. The normalized spacial score (nSPS) is 13.6. The molecule has 0 spiro atoms. The SMILES string of the molecule is CC(C)CCNC(=O)NC(=O)C[n+]1ccc2c(c1)CCCC2. The number of fused-ring (bicyclic) bond motifs is 1. The summed E-state index contributed by atoms with van der Waals surface area (Å²) in [5.74, 6) is 0.241. The Balaban J connectivity index is 1.80. The third-order valence-corrected chi connectivity index (χ3v) is 3.93. The Hall–Kier alpha value is -1.91. The maximum Gasteiger partial charge on any atom is 0.321 e. The molecular weight excluding hydrogens is 278 g/mol. The van der Waals surface area contributed by atoms with Crippen molar-refractivity contribution < 1.29 is 14.2 Å². The number of hydrogen-bond acceptors (Lipinski definition) is 2. The van der Waals surface area contributed by atoms with E-state index in [1.54, 1.807) is 0 Å². The van der Waals surface area contributed by atoms with Crippen LogP contribution in [0.1, 0.15) is 44.2 Å². The van der Waals surface area contributed by atoms with Crippen LogP contribution in [0.15, 0.2) is 18.5 Å². The van der Waals surface area contributed by atoms with Gasteiger partial charge in [-0.1, -0.05) is 13.8 Å². The molecule has 0 unspecified atom stereocenters. The molecule has 1 aliphatic rings.